The summed E-state index contributed by atoms with van der Waals surface area (Å²) in [4.78, 5) is 27.8. The van der Waals surface area contributed by atoms with E-state index in [0.717, 1.165) is 17.0 Å². The molecule has 0 saturated carbocycles. The topological polar surface area (TPSA) is 79.2 Å². The van der Waals surface area contributed by atoms with Gasteiger partial charge in [-0.1, -0.05) is 23.7 Å². The Morgan fingerprint density at radius 3 is 2.52 bits per heavy atom. The van der Waals surface area contributed by atoms with Crippen molar-refractivity contribution in [2.75, 3.05) is 26.8 Å². The molecule has 1 aromatic heterocycles. The molecule has 0 bridgehead atoms. The molecule has 8 nitrogen and oxygen atoms in total. The van der Waals surface area contributed by atoms with Gasteiger partial charge in [-0.2, -0.15) is 5.10 Å². The fourth-order valence-electron chi connectivity index (χ4n) is 3.69. The number of hydrazone groups is 1. The Balaban J connectivity index is 1.87. The number of nitrogens with zero attached hydrogens (tertiary/aromatic N) is 4. The molecule has 0 saturated heterocycles. The second kappa shape index (κ2) is 10.4. The first-order valence-electron chi connectivity index (χ1n) is 10.9. The van der Waals surface area contributed by atoms with Gasteiger partial charge in [0.25, 0.3) is 5.91 Å². The number of rotatable bonds is 7. The molecule has 1 N–H and O–H groups in total. The van der Waals surface area contributed by atoms with E-state index in [0.29, 0.717) is 18.1 Å². The first kappa shape index (κ1) is 24.8. The summed E-state index contributed by atoms with van der Waals surface area (Å²) >= 11 is 6.08. The van der Waals surface area contributed by atoms with Crippen LogP contribution in [-0.4, -0.2) is 64.5 Å². The van der Waals surface area contributed by atoms with Gasteiger partial charge < -0.3 is 19.5 Å². The zero-order valence-corrected chi connectivity index (χ0v) is 20.6. The molecule has 2 heterocycles. The Labute approximate surface area is 200 Å². The molecule has 0 fully saturated rings. The highest BCUT2D eigenvalue weighted by molar-refractivity contribution is 6.30. The van der Waals surface area contributed by atoms with Crippen LogP contribution in [0.2, 0.25) is 5.02 Å². The zero-order chi connectivity index (χ0) is 24.2. The quantitative estimate of drug-likeness (QED) is 0.664. The molecular formula is C24H32ClN5O3. The number of ether oxygens (including phenoxy) is 1. The maximum atomic E-state index is 13.5. The highest BCUT2D eigenvalue weighted by Crippen LogP contribution is 2.33. The van der Waals surface area contributed by atoms with E-state index in [4.69, 9.17) is 21.4 Å². The minimum absolute atomic E-state index is 0.112. The molecule has 1 aliphatic rings. The molecule has 33 heavy (non-hydrogen) atoms. The van der Waals surface area contributed by atoms with Gasteiger partial charge in [0.15, 0.2) is 0 Å². The van der Waals surface area contributed by atoms with Crippen LogP contribution in [0.4, 0.5) is 4.79 Å². The van der Waals surface area contributed by atoms with Crippen LogP contribution in [0.5, 0.6) is 0 Å². The van der Waals surface area contributed by atoms with Crippen molar-refractivity contribution in [2.45, 2.75) is 38.8 Å². The average molecular weight is 474 g/mol. The number of amides is 3. The first-order chi connectivity index (χ1) is 15.6. The molecule has 1 atom stereocenters. The Morgan fingerprint density at radius 1 is 1.24 bits per heavy atom. The number of carbonyl (C=O) groups excluding carboxylic acids is 2. The lowest BCUT2D eigenvalue weighted by Gasteiger charge is -2.30. The van der Waals surface area contributed by atoms with Gasteiger partial charge in [-0.3, -0.25) is 4.79 Å². The summed E-state index contributed by atoms with van der Waals surface area (Å²) in [7, 11) is 3.51. The van der Waals surface area contributed by atoms with Crippen LogP contribution in [0.15, 0.2) is 47.7 Å². The number of urea groups is 1. The fourth-order valence-corrected chi connectivity index (χ4v) is 3.82. The highest BCUT2D eigenvalue weighted by atomic mass is 35.5. The molecule has 3 amide bonds. The van der Waals surface area contributed by atoms with Gasteiger partial charge in [0.05, 0.1) is 24.1 Å². The molecule has 1 aliphatic heterocycles. The number of benzene rings is 1. The first-order valence-corrected chi connectivity index (χ1v) is 11.3. The molecule has 0 radical (unpaired) electrons. The maximum absolute atomic E-state index is 13.5. The molecule has 9 heteroatoms. The molecular weight excluding hydrogens is 442 g/mol. The second-order valence-corrected chi connectivity index (χ2v) is 9.59. The van der Waals surface area contributed by atoms with Crippen LogP contribution in [0, 0.1) is 0 Å². The number of halogens is 1. The third-order valence-corrected chi connectivity index (χ3v) is 5.57. The second-order valence-electron chi connectivity index (χ2n) is 9.16. The van der Waals surface area contributed by atoms with Crippen molar-refractivity contribution in [3.63, 3.8) is 0 Å². The zero-order valence-electron chi connectivity index (χ0n) is 19.8. The average Bonchev–Trinajstić information content (AvgIpc) is 3.36. The lowest BCUT2D eigenvalue weighted by Crippen LogP contribution is -2.52. The van der Waals surface area contributed by atoms with Gasteiger partial charge in [-0.15, -0.1) is 0 Å². The third-order valence-electron chi connectivity index (χ3n) is 5.32. The van der Waals surface area contributed by atoms with Crippen LogP contribution in [0.1, 0.15) is 44.5 Å². The summed E-state index contributed by atoms with van der Waals surface area (Å²) < 4.78 is 7.13. The predicted octanol–water partition coefficient (Wildman–Crippen LogP) is 3.81. The summed E-state index contributed by atoms with van der Waals surface area (Å²) in [6, 6.07) is 10.8. The van der Waals surface area contributed by atoms with E-state index in [-0.39, 0.29) is 31.1 Å². The van der Waals surface area contributed by atoms with Gasteiger partial charge in [0, 0.05) is 43.9 Å². The molecule has 2 aromatic rings. The lowest BCUT2D eigenvalue weighted by atomic mass is 10.0. The number of carbonyl (C=O) groups is 2. The van der Waals surface area contributed by atoms with Crippen molar-refractivity contribution in [1.82, 2.24) is 19.8 Å². The van der Waals surface area contributed by atoms with Crippen LogP contribution >= 0.6 is 11.6 Å². The standard InChI is InChI=1S/C24H32ClN5O3/c1-24(2,3)26-23(32)29(13-14-33-5)16-22(31)30-21(17-8-10-18(25)11-9-17)15-19(27-30)20-7-6-12-28(20)4/h6-12,21H,13-16H2,1-5H3,(H,26,32)/t21-/m1/s1. The van der Waals surface area contributed by atoms with Crippen molar-refractivity contribution in [2.24, 2.45) is 12.1 Å². The summed E-state index contributed by atoms with van der Waals surface area (Å²) in [5.41, 5.74) is 2.27. The van der Waals surface area contributed by atoms with Crippen molar-refractivity contribution >= 4 is 29.3 Å². The van der Waals surface area contributed by atoms with Crippen molar-refractivity contribution in [1.29, 1.82) is 0 Å². The molecule has 0 unspecified atom stereocenters. The van der Waals surface area contributed by atoms with Crippen LogP contribution in [0.25, 0.3) is 0 Å². The van der Waals surface area contributed by atoms with E-state index in [2.05, 4.69) is 5.32 Å². The number of aryl methyl sites for hydroxylation is 1. The van der Waals surface area contributed by atoms with Crippen LogP contribution in [0.3, 0.4) is 0 Å². The van der Waals surface area contributed by atoms with Gasteiger partial charge >= 0.3 is 6.03 Å². The third kappa shape index (κ3) is 6.36. The molecule has 1 aromatic carbocycles. The van der Waals surface area contributed by atoms with Gasteiger partial charge in [-0.25, -0.2) is 9.80 Å². The van der Waals surface area contributed by atoms with Crippen molar-refractivity contribution < 1.29 is 14.3 Å². The minimum Gasteiger partial charge on any atom is -0.383 e. The van der Waals surface area contributed by atoms with Gasteiger partial charge in [-0.05, 0) is 50.6 Å². The Hall–Kier alpha value is -2.84. The normalized spacial score (nSPS) is 16.0. The maximum Gasteiger partial charge on any atom is 0.318 e. The smallest absolute Gasteiger partial charge is 0.318 e. The summed E-state index contributed by atoms with van der Waals surface area (Å²) in [5.74, 6) is -0.265. The van der Waals surface area contributed by atoms with E-state index in [1.54, 1.807) is 7.11 Å². The molecule has 3 rings (SSSR count). The van der Waals surface area contributed by atoms with E-state index in [9.17, 15) is 9.59 Å². The Morgan fingerprint density at radius 2 is 1.94 bits per heavy atom. The van der Waals surface area contributed by atoms with Gasteiger partial charge in [0.1, 0.15) is 6.54 Å². The number of methoxy groups -OCH3 is 1. The van der Waals surface area contributed by atoms with E-state index >= 15 is 0 Å². The predicted molar refractivity (Wildman–Crippen MR) is 129 cm³/mol. The molecule has 0 aliphatic carbocycles. The van der Waals surface area contributed by atoms with Crippen molar-refractivity contribution in [3.05, 3.63) is 58.9 Å². The number of hydrogen-bond acceptors (Lipinski definition) is 4. The monoisotopic (exact) mass is 473 g/mol. The van der Waals surface area contributed by atoms with Crippen LogP contribution in [-0.2, 0) is 16.6 Å². The highest BCUT2D eigenvalue weighted by Gasteiger charge is 2.35. The van der Waals surface area contributed by atoms with E-state index in [1.165, 1.54) is 9.91 Å². The lowest BCUT2D eigenvalue weighted by molar-refractivity contribution is -0.133. The molecule has 0 spiro atoms. The largest absolute Gasteiger partial charge is 0.383 e. The summed E-state index contributed by atoms with van der Waals surface area (Å²) in [6.07, 6.45) is 2.51. The number of hydrogen-bond donors (Lipinski definition) is 1. The SMILES string of the molecule is COCCN(CC(=O)N1N=C(c2cccn2C)C[C@@H]1c1ccc(Cl)cc1)C(=O)NC(C)(C)C. The number of nitrogens with one attached hydrogen (secondary N) is 1. The summed E-state index contributed by atoms with van der Waals surface area (Å²) in [6.45, 7) is 6.19. The fraction of sp³-hybridized carbons (Fsp3) is 0.458. The van der Waals surface area contributed by atoms with Gasteiger partial charge in [0.2, 0.25) is 0 Å². The minimum atomic E-state index is -0.428. The van der Waals surface area contributed by atoms with Crippen LogP contribution < -0.4 is 5.32 Å². The number of aromatic nitrogens is 1. The molecule has 178 valence electrons. The van der Waals surface area contributed by atoms with Crippen molar-refractivity contribution in [3.8, 4) is 0 Å². The van der Waals surface area contributed by atoms with E-state index < -0.39 is 5.54 Å². The Bertz CT molecular complexity index is 1010. The van der Waals surface area contributed by atoms with E-state index in [1.807, 2.05) is 75.0 Å². The summed E-state index contributed by atoms with van der Waals surface area (Å²) in [5, 5.41) is 9.74. The Kier molecular flexibility index (Phi) is 7.81.